The van der Waals surface area contributed by atoms with E-state index in [1.807, 2.05) is 24.0 Å². The molecule has 0 saturated carbocycles. The first kappa shape index (κ1) is 14.3. The summed E-state index contributed by atoms with van der Waals surface area (Å²) in [5.74, 6) is 2.21. The molecule has 1 aliphatic heterocycles. The van der Waals surface area contributed by atoms with Gasteiger partial charge in [0.2, 0.25) is 5.91 Å². The quantitative estimate of drug-likeness (QED) is 0.828. The fraction of sp³-hybridized carbons (Fsp3) is 0.533. The van der Waals surface area contributed by atoms with Crippen LogP contribution in [0.4, 0.5) is 0 Å². The van der Waals surface area contributed by atoms with Crippen LogP contribution in [0.25, 0.3) is 0 Å². The third kappa shape index (κ3) is 3.44. The van der Waals surface area contributed by atoms with Gasteiger partial charge in [-0.25, -0.2) is 0 Å². The van der Waals surface area contributed by atoms with Crippen molar-refractivity contribution in [1.29, 1.82) is 0 Å². The van der Waals surface area contributed by atoms with Gasteiger partial charge in [0.05, 0.1) is 12.4 Å². The molecule has 0 aromatic heterocycles. The molecule has 19 heavy (non-hydrogen) atoms. The number of amides is 1. The van der Waals surface area contributed by atoms with E-state index in [4.69, 9.17) is 4.74 Å². The van der Waals surface area contributed by atoms with E-state index in [2.05, 4.69) is 26.0 Å². The molecule has 0 radical (unpaired) electrons. The zero-order chi connectivity index (χ0) is 13.8. The number of benzene rings is 1. The molecule has 1 fully saturated rings. The van der Waals surface area contributed by atoms with Gasteiger partial charge in [0.1, 0.15) is 11.1 Å². The Hall–Kier alpha value is -1.16. The Kier molecular flexibility index (Phi) is 4.75. The average Bonchev–Trinajstić information content (AvgIpc) is 2.72. The summed E-state index contributed by atoms with van der Waals surface area (Å²) < 4.78 is 5.45. The average molecular weight is 279 g/mol. The van der Waals surface area contributed by atoms with Crippen LogP contribution in [0.5, 0.6) is 5.75 Å². The lowest BCUT2D eigenvalue weighted by atomic mass is 10.1. The molecule has 3 nitrogen and oxygen atoms in total. The summed E-state index contributed by atoms with van der Waals surface area (Å²) in [6.07, 6.45) is 0. The molecule has 1 aromatic rings. The number of hydrogen-bond acceptors (Lipinski definition) is 3. The van der Waals surface area contributed by atoms with Crippen molar-refractivity contribution >= 4 is 17.7 Å². The Bertz CT molecular complexity index is 430. The molecule has 1 aromatic carbocycles. The number of nitrogens with zero attached hydrogens (tertiary/aromatic N) is 1. The Balaban J connectivity index is 2.13. The van der Waals surface area contributed by atoms with Crippen molar-refractivity contribution in [2.75, 3.05) is 18.9 Å². The fourth-order valence-electron chi connectivity index (χ4n) is 2.22. The number of rotatable bonds is 5. The highest BCUT2D eigenvalue weighted by atomic mass is 32.2. The molecule has 0 bridgehead atoms. The van der Waals surface area contributed by atoms with Crippen molar-refractivity contribution in [3.8, 4) is 5.75 Å². The van der Waals surface area contributed by atoms with Crippen LogP contribution in [-0.2, 0) is 4.79 Å². The van der Waals surface area contributed by atoms with Crippen molar-refractivity contribution < 1.29 is 9.53 Å². The maximum atomic E-state index is 11.9. The second-order valence-corrected chi connectivity index (χ2v) is 6.17. The minimum absolute atomic E-state index is 0.158. The first-order chi connectivity index (χ1) is 9.11. The van der Waals surface area contributed by atoms with Crippen LogP contribution >= 0.6 is 11.8 Å². The van der Waals surface area contributed by atoms with Gasteiger partial charge >= 0.3 is 0 Å². The lowest BCUT2D eigenvalue weighted by molar-refractivity contribution is -0.128. The molecule has 4 heteroatoms. The minimum Gasteiger partial charge on any atom is -0.494 e. The van der Waals surface area contributed by atoms with E-state index >= 15 is 0 Å². The van der Waals surface area contributed by atoms with E-state index in [1.165, 1.54) is 5.56 Å². The molecular formula is C15H21NO2S. The van der Waals surface area contributed by atoms with Crippen LogP contribution < -0.4 is 4.74 Å². The monoisotopic (exact) mass is 279 g/mol. The molecular weight excluding hydrogens is 258 g/mol. The van der Waals surface area contributed by atoms with Crippen LogP contribution in [0.1, 0.15) is 31.7 Å². The second-order valence-electron chi connectivity index (χ2n) is 5.11. The van der Waals surface area contributed by atoms with Gasteiger partial charge in [-0.3, -0.25) is 4.79 Å². The van der Waals surface area contributed by atoms with Crippen molar-refractivity contribution in [2.24, 2.45) is 5.92 Å². The standard InChI is InChI=1S/C15H21NO2S/c1-4-18-13-7-5-12(6-8-13)15-16(9-11(2)3)14(17)10-19-15/h5-8,11,15H,4,9-10H2,1-3H3. The van der Waals surface area contributed by atoms with E-state index in [9.17, 15) is 4.79 Å². The van der Waals surface area contributed by atoms with Crippen molar-refractivity contribution in [3.05, 3.63) is 29.8 Å². The van der Waals surface area contributed by atoms with Crippen LogP contribution in [-0.4, -0.2) is 29.7 Å². The van der Waals surface area contributed by atoms with Crippen molar-refractivity contribution in [3.63, 3.8) is 0 Å². The van der Waals surface area contributed by atoms with E-state index in [1.54, 1.807) is 11.8 Å². The second kappa shape index (κ2) is 6.33. The number of carbonyl (C=O) groups excluding carboxylic acids is 1. The summed E-state index contributed by atoms with van der Waals surface area (Å²) in [7, 11) is 0. The maximum absolute atomic E-state index is 11.9. The Morgan fingerprint density at radius 3 is 2.63 bits per heavy atom. The van der Waals surface area contributed by atoms with E-state index in [0.29, 0.717) is 18.3 Å². The normalized spacial score (nSPS) is 19.3. The van der Waals surface area contributed by atoms with Gasteiger partial charge in [0.15, 0.2) is 0 Å². The first-order valence-electron chi connectivity index (χ1n) is 6.75. The lowest BCUT2D eigenvalue weighted by Crippen LogP contribution is -2.31. The zero-order valence-electron chi connectivity index (χ0n) is 11.8. The minimum atomic E-state index is 0.158. The predicted octanol–water partition coefficient (Wildman–Crippen LogP) is 3.32. The molecule has 104 valence electrons. The third-order valence-electron chi connectivity index (χ3n) is 3.01. The largest absolute Gasteiger partial charge is 0.494 e. The summed E-state index contributed by atoms with van der Waals surface area (Å²) in [5, 5.41) is 0.158. The molecule has 0 N–H and O–H groups in total. The van der Waals surface area contributed by atoms with Gasteiger partial charge in [0.25, 0.3) is 0 Å². The van der Waals surface area contributed by atoms with Gasteiger partial charge in [-0.1, -0.05) is 26.0 Å². The van der Waals surface area contributed by atoms with Crippen molar-refractivity contribution in [2.45, 2.75) is 26.1 Å². The molecule has 1 aliphatic rings. The van der Waals surface area contributed by atoms with Gasteiger partial charge in [-0.15, -0.1) is 11.8 Å². The van der Waals surface area contributed by atoms with E-state index in [0.717, 1.165) is 12.3 Å². The summed E-state index contributed by atoms with van der Waals surface area (Å²) in [6, 6.07) is 8.09. The lowest BCUT2D eigenvalue weighted by Gasteiger charge is -2.26. The molecule has 0 aliphatic carbocycles. The summed E-state index contributed by atoms with van der Waals surface area (Å²) in [5.41, 5.74) is 1.18. The van der Waals surface area contributed by atoms with E-state index in [-0.39, 0.29) is 11.3 Å². The van der Waals surface area contributed by atoms with Crippen LogP contribution in [0.2, 0.25) is 0 Å². The van der Waals surface area contributed by atoms with Crippen molar-refractivity contribution in [1.82, 2.24) is 4.90 Å². The first-order valence-corrected chi connectivity index (χ1v) is 7.80. The summed E-state index contributed by atoms with van der Waals surface area (Å²) in [6.45, 7) is 7.76. The SMILES string of the molecule is CCOc1ccc(C2SCC(=O)N2CC(C)C)cc1. The number of ether oxygens (including phenoxy) is 1. The number of carbonyl (C=O) groups is 1. The van der Waals surface area contributed by atoms with Crippen LogP contribution in [0.15, 0.2) is 24.3 Å². The molecule has 0 spiro atoms. The van der Waals surface area contributed by atoms with Crippen LogP contribution in [0, 0.1) is 5.92 Å². The molecule has 1 saturated heterocycles. The number of thioether (sulfide) groups is 1. The summed E-state index contributed by atoms with van der Waals surface area (Å²) >= 11 is 1.71. The molecule has 1 amide bonds. The smallest absolute Gasteiger partial charge is 0.233 e. The Morgan fingerprint density at radius 1 is 1.37 bits per heavy atom. The summed E-state index contributed by atoms with van der Waals surface area (Å²) in [4.78, 5) is 13.9. The Morgan fingerprint density at radius 2 is 2.05 bits per heavy atom. The van der Waals surface area contributed by atoms with Gasteiger partial charge in [0, 0.05) is 6.54 Å². The molecule has 1 heterocycles. The number of hydrogen-bond donors (Lipinski definition) is 0. The third-order valence-corrected chi connectivity index (χ3v) is 4.26. The van der Waals surface area contributed by atoms with Gasteiger partial charge in [-0.2, -0.15) is 0 Å². The fourth-order valence-corrected chi connectivity index (χ4v) is 3.42. The van der Waals surface area contributed by atoms with E-state index < -0.39 is 0 Å². The molecule has 2 rings (SSSR count). The molecule has 1 unspecified atom stereocenters. The Labute approximate surface area is 119 Å². The molecule has 1 atom stereocenters. The predicted molar refractivity (Wildman–Crippen MR) is 79.4 cm³/mol. The van der Waals surface area contributed by atoms with Crippen LogP contribution in [0.3, 0.4) is 0 Å². The van der Waals surface area contributed by atoms with Gasteiger partial charge < -0.3 is 9.64 Å². The van der Waals surface area contributed by atoms with Gasteiger partial charge in [-0.05, 0) is 30.5 Å². The zero-order valence-corrected chi connectivity index (χ0v) is 12.6. The highest BCUT2D eigenvalue weighted by Crippen LogP contribution is 2.39. The highest BCUT2D eigenvalue weighted by Gasteiger charge is 2.32. The highest BCUT2D eigenvalue weighted by molar-refractivity contribution is 8.00. The maximum Gasteiger partial charge on any atom is 0.233 e. The topological polar surface area (TPSA) is 29.5 Å².